The van der Waals surface area contributed by atoms with Crippen molar-refractivity contribution >= 4 is 17.0 Å². The summed E-state index contributed by atoms with van der Waals surface area (Å²) >= 11 is 1.44. The first-order valence-electron chi connectivity index (χ1n) is 6.08. The average molecular weight is 272 g/mol. The van der Waals surface area contributed by atoms with E-state index in [-0.39, 0.29) is 0 Å². The number of anilines is 1. The quantitative estimate of drug-likeness (QED) is 0.925. The van der Waals surface area contributed by atoms with Crippen LogP contribution in [0.1, 0.15) is 22.9 Å². The molecule has 0 aliphatic carbocycles. The van der Waals surface area contributed by atoms with E-state index >= 15 is 0 Å². The fraction of sp³-hybridized carbons (Fsp3) is 0.267. The van der Waals surface area contributed by atoms with Crippen LogP contribution in [0.25, 0.3) is 10.4 Å². The van der Waals surface area contributed by atoms with E-state index in [9.17, 15) is 0 Å². The second-order valence-electron chi connectivity index (χ2n) is 4.32. The third-order valence-electron chi connectivity index (χ3n) is 3.10. The van der Waals surface area contributed by atoms with Gasteiger partial charge < -0.3 is 10.5 Å². The Labute approximate surface area is 117 Å². The van der Waals surface area contributed by atoms with Gasteiger partial charge in [0.2, 0.25) is 0 Å². The Bertz CT molecular complexity index is 653. The molecule has 0 saturated carbocycles. The Morgan fingerprint density at radius 3 is 2.74 bits per heavy atom. The summed E-state index contributed by atoms with van der Waals surface area (Å²) in [6.07, 6.45) is 0.802. The van der Waals surface area contributed by atoms with E-state index < -0.39 is 0 Å². The maximum absolute atomic E-state index is 9.13. The van der Waals surface area contributed by atoms with E-state index in [1.807, 2.05) is 26.0 Å². The van der Waals surface area contributed by atoms with Gasteiger partial charge in [-0.1, -0.05) is 18.6 Å². The molecule has 0 aliphatic rings. The minimum atomic E-state index is 0.579. The molecule has 4 heteroatoms. The number of nitrogens with two attached hydrogens (primary N) is 1. The molecule has 0 atom stereocenters. The number of methoxy groups -OCH3 is 1. The van der Waals surface area contributed by atoms with E-state index in [4.69, 9.17) is 15.7 Å². The first-order valence-corrected chi connectivity index (χ1v) is 6.90. The summed E-state index contributed by atoms with van der Waals surface area (Å²) in [5.74, 6) is 0.811. The molecule has 2 N–H and O–H groups in total. The summed E-state index contributed by atoms with van der Waals surface area (Å²) in [7, 11) is 1.65. The van der Waals surface area contributed by atoms with Crippen LogP contribution in [0.5, 0.6) is 5.75 Å². The van der Waals surface area contributed by atoms with E-state index in [0.717, 1.165) is 33.7 Å². The monoisotopic (exact) mass is 272 g/mol. The number of nitrogen functional groups attached to an aromatic ring is 1. The molecule has 19 heavy (non-hydrogen) atoms. The highest BCUT2D eigenvalue weighted by atomic mass is 32.1. The van der Waals surface area contributed by atoms with E-state index in [1.165, 1.54) is 11.3 Å². The standard InChI is InChI=1S/C15H16N2OS/c1-4-10-14(17)13(8-16)19-15(10)11-7-9(2)5-6-12(11)18-3/h5-7H,4,17H2,1-3H3. The summed E-state index contributed by atoms with van der Waals surface area (Å²) in [5.41, 5.74) is 9.84. The van der Waals surface area contributed by atoms with Crippen molar-refractivity contribution in [1.82, 2.24) is 0 Å². The maximum Gasteiger partial charge on any atom is 0.128 e. The molecule has 98 valence electrons. The lowest BCUT2D eigenvalue weighted by Crippen LogP contribution is -1.93. The lowest BCUT2D eigenvalue weighted by atomic mass is 10.0. The van der Waals surface area contributed by atoms with E-state index in [1.54, 1.807) is 7.11 Å². The van der Waals surface area contributed by atoms with Gasteiger partial charge in [0.1, 0.15) is 16.7 Å². The summed E-state index contributed by atoms with van der Waals surface area (Å²) in [4.78, 5) is 1.62. The minimum Gasteiger partial charge on any atom is -0.496 e. The number of benzene rings is 1. The number of rotatable bonds is 3. The second-order valence-corrected chi connectivity index (χ2v) is 5.34. The molecular weight excluding hydrogens is 256 g/mol. The highest BCUT2D eigenvalue weighted by molar-refractivity contribution is 7.16. The molecule has 2 aromatic rings. The van der Waals surface area contributed by atoms with Gasteiger partial charge in [-0.2, -0.15) is 5.26 Å². The Morgan fingerprint density at radius 1 is 1.42 bits per heavy atom. The van der Waals surface area contributed by atoms with Crippen molar-refractivity contribution < 1.29 is 4.74 Å². The van der Waals surface area contributed by atoms with Crippen LogP contribution in [0.4, 0.5) is 5.69 Å². The number of thiophene rings is 1. The number of aryl methyl sites for hydroxylation is 1. The zero-order chi connectivity index (χ0) is 14.0. The van der Waals surface area contributed by atoms with E-state index in [0.29, 0.717) is 10.6 Å². The van der Waals surface area contributed by atoms with Crippen LogP contribution >= 0.6 is 11.3 Å². The molecule has 3 nitrogen and oxygen atoms in total. The zero-order valence-electron chi connectivity index (χ0n) is 11.3. The molecule has 0 radical (unpaired) electrons. The van der Waals surface area contributed by atoms with Crippen LogP contribution in [-0.4, -0.2) is 7.11 Å². The molecule has 0 aliphatic heterocycles. The van der Waals surface area contributed by atoms with Crippen molar-refractivity contribution in [2.24, 2.45) is 0 Å². The van der Waals surface area contributed by atoms with Crippen LogP contribution in [0.3, 0.4) is 0 Å². The van der Waals surface area contributed by atoms with Gasteiger partial charge in [-0.25, -0.2) is 0 Å². The molecule has 0 spiro atoms. The Morgan fingerprint density at radius 2 is 2.16 bits per heavy atom. The molecule has 0 bridgehead atoms. The summed E-state index contributed by atoms with van der Waals surface area (Å²) in [5, 5.41) is 9.13. The van der Waals surface area contributed by atoms with Crippen molar-refractivity contribution in [3.63, 3.8) is 0 Å². The predicted molar refractivity (Wildman–Crippen MR) is 79.5 cm³/mol. The molecule has 0 amide bonds. The molecule has 0 unspecified atom stereocenters. The van der Waals surface area contributed by atoms with E-state index in [2.05, 4.69) is 12.1 Å². The first-order chi connectivity index (χ1) is 9.12. The Hall–Kier alpha value is -1.99. The largest absolute Gasteiger partial charge is 0.496 e. The van der Waals surface area contributed by atoms with Crippen molar-refractivity contribution in [2.45, 2.75) is 20.3 Å². The van der Waals surface area contributed by atoms with Gasteiger partial charge in [0, 0.05) is 10.4 Å². The average Bonchev–Trinajstić information content (AvgIpc) is 2.74. The lowest BCUT2D eigenvalue weighted by molar-refractivity contribution is 0.416. The Balaban J connectivity index is 2.72. The number of hydrogen-bond acceptors (Lipinski definition) is 4. The molecule has 0 saturated heterocycles. The van der Waals surface area contributed by atoms with Crippen LogP contribution in [0.2, 0.25) is 0 Å². The molecule has 0 fully saturated rings. The third kappa shape index (κ3) is 2.29. The normalized spacial score (nSPS) is 10.2. The smallest absolute Gasteiger partial charge is 0.128 e. The molecular formula is C15H16N2OS. The fourth-order valence-corrected chi connectivity index (χ4v) is 3.26. The van der Waals surface area contributed by atoms with Crippen molar-refractivity contribution in [3.05, 3.63) is 34.2 Å². The van der Waals surface area contributed by atoms with Crippen molar-refractivity contribution in [1.29, 1.82) is 5.26 Å². The topological polar surface area (TPSA) is 59.0 Å². The van der Waals surface area contributed by atoms with Gasteiger partial charge in [-0.15, -0.1) is 11.3 Å². The molecule has 1 heterocycles. The zero-order valence-corrected chi connectivity index (χ0v) is 12.1. The number of hydrogen-bond donors (Lipinski definition) is 1. The lowest BCUT2D eigenvalue weighted by Gasteiger charge is -2.09. The summed E-state index contributed by atoms with van der Waals surface area (Å²) < 4.78 is 5.42. The SMILES string of the molecule is CCc1c(-c2cc(C)ccc2OC)sc(C#N)c1N. The molecule has 2 rings (SSSR count). The van der Waals surface area contributed by atoms with Crippen LogP contribution in [-0.2, 0) is 6.42 Å². The molecule has 1 aromatic heterocycles. The van der Waals surface area contributed by atoms with Crippen LogP contribution in [0.15, 0.2) is 18.2 Å². The van der Waals surface area contributed by atoms with Gasteiger partial charge in [-0.3, -0.25) is 0 Å². The maximum atomic E-state index is 9.13. The van der Waals surface area contributed by atoms with Gasteiger partial charge in [0.05, 0.1) is 12.8 Å². The predicted octanol–water partition coefficient (Wildman–Crippen LogP) is 3.75. The van der Waals surface area contributed by atoms with Crippen LogP contribution < -0.4 is 10.5 Å². The number of nitrogens with zero attached hydrogens (tertiary/aromatic N) is 1. The highest BCUT2D eigenvalue weighted by Crippen LogP contribution is 2.42. The fourth-order valence-electron chi connectivity index (χ4n) is 2.13. The van der Waals surface area contributed by atoms with Gasteiger partial charge >= 0.3 is 0 Å². The van der Waals surface area contributed by atoms with Gasteiger partial charge in [-0.05, 0) is 31.0 Å². The third-order valence-corrected chi connectivity index (χ3v) is 4.29. The molecule has 1 aromatic carbocycles. The Kier molecular flexibility index (Phi) is 3.77. The van der Waals surface area contributed by atoms with Gasteiger partial charge in [0.15, 0.2) is 0 Å². The van der Waals surface area contributed by atoms with Crippen molar-refractivity contribution in [3.8, 4) is 22.3 Å². The number of ether oxygens (including phenoxy) is 1. The second kappa shape index (κ2) is 5.33. The van der Waals surface area contributed by atoms with Gasteiger partial charge in [0.25, 0.3) is 0 Å². The minimum absolute atomic E-state index is 0.579. The summed E-state index contributed by atoms with van der Waals surface area (Å²) in [6, 6.07) is 8.20. The van der Waals surface area contributed by atoms with Crippen LogP contribution in [0, 0.1) is 18.3 Å². The summed E-state index contributed by atoms with van der Waals surface area (Å²) in [6.45, 7) is 4.09. The number of nitriles is 1. The van der Waals surface area contributed by atoms with Crippen molar-refractivity contribution in [2.75, 3.05) is 12.8 Å². The first kappa shape index (κ1) is 13.4. The highest BCUT2D eigenvalue weighted by Gasteiger charge is 2.18.